The third-order valence-corrected chi connectivity index (χ3v) is 11.0. The standard InChI is InChI=1S/C53H35N3O/c1-4-15-36(16-5-1)39-20-14-23-43(33-39)55(44-31-32-47-46-25-12-13-26-49(46)56(50(47)35-44)41-21-8-3-9-22-41)42-29-27-37(28-30-42)48-34-40-19-10-11-24-45(40)51-52(48)57-53(54-51)38-17-6-2-7-18-38/h1-35H. The zero-order valence-electron chi connectivity index (χ0n) is 31.0. The van der Waals surface area contributed by atoms with Crippen LogP contribution < -0.4 is 4.90 Å². The molecule has 0 unspecified atom stereocenters. The van der Waals surface area contributed by atoms with Gasteiger partial charge in [-0.05, 0) is 94.9 Å². The van der Waals surface area contributed by atoms with Crippen molar-refractivity contribution < 1.29 is 4.42 Å². The van der Waals surface area contributed by atoms with Gasteiger partial charge in [-0.1, -0.05) is 140 Å². The van der Waals surface area contributed by atoms with Crippen LogP contribution in [0, 0.1) is 0 Å². The van der Waals surface area contributed by atoms with Crippen LogP contribution in [-0.4, -0.2) is 9.55 Å². The SMILES string of the molecule is c1ccc(-c2cccc(N(c3ccc(-c4cc5ccccc5c5nc(-c6ccccc6)oc45)cc3)c3ccc4c5ccccc5n(-c5ccccc5)c4c3)c2)cc1. The van der Waals surface area contributed by atoms with Gasteiger partial charge in [0.2, 0.25) is 5.89 Å². The van der Waals surface area contributed by atoms with Gasteiger partial charge in [-0.2, -0.15) is 0 Å². The summed E-state index contributed by atoms with van der Waals surface area (Å²) in [5.74, 6) is 0.618. The molecule has 0 fully saturated rings. The number of benzene rings is 9. The molecule has 0 amide bonds. The minimum Gasteiger partial charge on any atom is -0.435 e. The first-order valence-electron chi connectivity index (χ1n) is 19.3. The molecule has 268 valence electrons. The van der Waals surface area contributed by atoms with Crippen LogP contribution in [0.3, 0.4) is 0 Å². The van der Waals surface area contributed by atoms with Gasteiger partial charge in [-0.25, -0.2) is 4.98 Å². The Labute approximate surface area is 330 Å². The molecule has 9 aromatic carbocycles. The summed E-state index contributed by atoms with van der Waals surface area (Å²) in [5, 5.41) is 4.65. The third kappa shape index (κ3) is 5.66. The largest absolute Gasteiger partial charge is 0.435 e. The molecule has 0 aliphatic carbocycles. The Bertz CT molecular complexity index is 3220. The van der Waals surface area contributed by atoms with E-state index in [4.69, 9.17) is 9.40 Å². The fraction of sp³-hybridized carbons (Fsp3) is 0. The highest BCUT2D eigenvalue weighted by Gasteiger charge is 2.20. The summed E-state index contributed by atoms with van der Waals surface area (Å²) in [7, 11) is 0. The highest BCUT2D eigenvalue weighted by molar-refractivity contribution is 6.11. The predicted molar refractivity (Wildman–Crippen MR) is 237 cm³/mol. The van der Waals surface area contributed by atoms with Crippen molar-refractivity contribution in [2.45, 2.75) is 0 Å². The smallest absolute Gasteiger partial charge is 0.227 e. The normalized spacial score (nSPS) is 11.5. The Morgan fingerprint density at radius 2 is 1.02 bits per heavy atom. The van der Waals surface area contributed by atoms with Gasteiger partial charge in [0.05, 0.1) is 11.0 Å². The van der Waals surface area contributed by atoms with E-state index in [0.29, 0.717) is 5.89 Å². The first-order chi connectivity index (χ1) is 28.3. The molecule has 0 aliphatic rings. The van der Waals surface area contributed by atoms with Gasteiger partial charge in [0.15, 0.2) is 5.58 Å². The van der Waals surface area contributed by atoms with Crippen LogP contribution in [0.15, 0.2) is 217 Å². The topological polar surface area (TPSA) is 34.2 Å². The van der Waals surface area contributed by atoms with Crippen molar-refractivity contribution >= 4 is 60.7 Å². The fourth-order valence-corrected chi connectivity index (χ4v) is 8.31. The molecule has 4 nitrogen and oxygen atoms in total. The molecule has 0 aliphatic heterocycles. The lowest BCUT2D eigenvalue weighted by molar-refractivity contribution is 0.621. The molecule has 0 saturated heterocycles. The molecule has 11 rings (SSSR count). The maximum absolute atomic E-state index is 6.61. The molecule has 2 heterocycles. The molecule has 2 aromatic heterocycles. The van der Waals surface area contributed by atoms with E-state index in [2.05, 4.69) is 191 Å². The number of rotatable bonds is 7. The number of oxazole rings is 1. The van der Waals surface area contributed by atoms with Crippen molar-refractivity contribution in [3.63, 3.8) is 0 Å². The van der Waals surface area contributed by atoms with Crippen molar-refractivity contribution in [2.75, 3.05) is 4.90 Å². The second kappa shape index (κ2) is 13.6. The lowest BCUT2D eigenvalue weighted by Crippen LogP contribution is -2.10. The maximum atomic E-state index is 6.61. The number of nitrogens with zero attached hydrogens (tertiary/aromatic N) is 3. The summed E-state index contributed by atoms with van der Waals surface area (Å²) >= 11 is 0. The Hall–Kier alpha value is -7.69. The Morgan fingerprint density at radius 1 is 0.404 bits per heavy atom. The van der Waals surface area contributed by atoms with Gasteiger partial charge in [-0.3, -0.25) is 0 Å². The Balaban J connectivity index is 1.09. The summed E-state index contributed by atoms with van der Waals surface area (Å²) in [6.45, 7) is 0. The van der Waals surface area contributed by atoms with E-state index in [9.17, 15) is 0 Å². The Morgan fingerprint density at radius 3 is 1.81 bits per heavy atom. The van der Waals surface area contributed by atoms with Gasteiger partial charge in [-0.15, -0.1) is 0 Å². The van der Waals surface area contributed by atoms with E-state index in [1.54, 1.807) is 0 Å². The van der Waals surface area contributed by atoms with Crippen molar-refractivity contribution in [3.05, 3.63) is 212 Å². The van der Waals surface area contributed by atoms with Gasteiger partial charge in [0.25, 0.3) is 0 Å². The van der Waals surface area contributed by atoms with Crippen molar-refractivity contribution in [3.8, 4) is 39.4 Å². The summed E-state index contributed by atoms with van der Waals surface area (Å²) in [5.41, 5.74) is 13.7. The van der Waals surface area contributed by atoms with E-state index in [0.717, 1.165) is 72.4 Å². The first kappa shape index (κ1) is 32.7. The van der Waals surface area contributed by atoms with E-state index < -0.39 is 0 Å². The highest BCUT2D eigenvalue weighted by atomic mass is 16.3. The van der Waals surface area contributed by atoms with E-state index >= 15 is 0 Å². The number of anilines is 3. The third-order valence-electron chi connectivity index (χ3n) is 11.0. The second-order valence-electron chi connectivity index (χ2n) is 14.4. The summed E-state index contributed by atoms with van der Waals surface area (Å²) in [6, 6.07) is 75.2. The Kier molecular flexibility index (Phi) is 7.78. The summed E-state index contributed by atoms with van der Waals surface area (Å²) < 4.78 is 8.99. The summed E-state index contributed by atoms with van der Waals surface area (Å²) in [6.07, 6.45) is 0. The maximum Gasteiger partial charge on any atom is 0.227 e. The zero-order chi connectivity index (χ0) is 37.7. The second-order valence-corrected chi connectivity index (χ2v) is 14.4. The summed E-state index contributed by atoms with van der Waals surface area (Å²) in [4.78, 5) is 7.41. The quantitative estimate of drug-likeness (QED) is 0.164. The molecule has 0 saturated carbocycles. The molecule has 0 bridgehead atoms. The minimum atomic E-state index is 0.618. The number of hydrogen-bond acceptors (Lipinski definition) is 3. The monoisotopic (exact) mass is 729 g/mol. The molecule has 57 heavy (non-hydrogen) atoms. The molecule has 4 heteroatoms. The van der Waals surface area contributed by atoms with Crippen molar-refractivity contribution in [2.24, 2.45) is 0 Å². The predicted octanol–water partition coefficient (Wildman–Crippen LogP) is 14.5. The zero-order valence-corrected chi connectivity index (χ0v) is 31.0. The van der Waals surface area contributed by atoms with Crippen LogP contribution in [-0.2, 0) is 0 Å². The molecule has 11 aromatic rings. The number of hydrogen-bond donors (Lipinski definition) is 0. The van der Waals surface area contributed by atoms with E-state index in [1.807, 2.05) is 30.3 Å². The van der Waals surface area contributed by atoms with E-state index in [1.165, 1.54) is 21.9 Å². The molecular formula is C53H35N3O. The lowest BCUT2D eigenvalue weighted by atomic mass is 9.99. The van der Waals surface area contributed by atoms with Gasteiger partial charge < -0.3 is 13.9 Å². The van der Waals surface area contributed by atoms with Crippen LogP contribution in [0.1, 0.15) is 0 Å². The molecule has 0 spiro atoms. The number of para-hydroxylation sites is 2. The minimum absolute atomic E-state index is 0.618. The van der Waals surface area contributed by atoms with E-state index in [-0.39, 0.29) is 0 Å². The molecule has 0 radical (unpaired) electrons. The van der Waals surface area contributed by atoms with Gasteiger partial charge in [0.1, 0.15) is 5.52 Å². The fourth-order valence-electron chi connectivity index (χ4n) is 8.31. The average molecular weight is 730 g/mol. The number of fused-ring (bicyclic) bond motifs is 6. The molecule has 0 atom stereocenters. The van der Waals surface area contributed by atoms with Crippen LogP contribution in [0.5, 0.6) is 0 Å². The van der Waals surface area contributed by atoms with Crippen LogP contribution in [0.4, 0.5) is 17.1 Å². The van der Waals surface area contributed by atoms with Gasteiger partial charge >= 0.3 is 0 Å². The molecule has 0 N–H and O–H groups in total. The first-order valence-corrected chi connectivity index (χ1v) is 19.3. The van der Waals surface area contributed by atoms with Gasteiger partial charge in [0, 0.05) is 50.0 Å². The van der Waals surface area contributed by atoms with Crippen LogP contribution in [0.25, 0.3) is 83.1 Å². The van der Waals surface area contributed by atoms with Crippen LogP contribution >= 0.6 is 0 Å². The van der Waals surface area contributed by atoms with Crippen molar-refractivity contribution in [1.82, 2.24) is 9.55 Å². The highest BCUT2D eigenvalue weighted by Crippen LogP contribution is 2.43. The van der Waals surface area contributed by atoms with Crippen molar-refractivity contribution in [1.29, 1.82) is 0 Å². The average Bonchev–Trinajstić information content (AvgIpc) is 3.88. The number of aromatic nitrogens is 2. The van der Waals surface area contributed by atoms with Crippen LogP contribution in [0.2, 0.25) is 0 Å². The molecular weight excluding hydrogens is 695 g/mol. The lowest BCUT2D eigenvalue weighted by Gasteiger charge is -2.26.